The molecule has 4 aromatic rings. The molecule has 1 aromatic heterocycles. The molecule has 4 nitrogen and oxygen atoms in total. The zero-order valence-corrected chi connectivity index (χ0v) is 15.8. The van der Waals surface area contributed by atoms with Crippen LogP contribution in [-0.4, -0.2) is 16.7 Å². The van der Waals surface area contributed by atoms with E-state index in [4.69, 9.17) is 9.72 Å². The van der Waals surface area contributed by atoms with Gasteiger partial charge in [0.15, 0.2) is 0 Å². The molecule has 138 valence electrons. The van der Waals surface area contributed by atoms with Gasteiger partial charge in [-0.15, -0.1) is 0 Å². The van der Waals surface area contributed by atoms with Crippen LogP contribution in [0.1, 0.15) is 17.0 Å². The third kappa shape index (κ3) is 3.45. The van der Waals surface area contributed by atoms with Crippen LogP contribution in [0.4, 0.5) is 0 Å². The van der Waals surface area contributed by atoms with Gasteiger partial charge in [0.25, 0.3) is 5.56 Å². The van der Waals surface area contributed by atoms with Crippen molar-refractivity contribution in [1.29, 1.82) is 0 Å². The standard InChI is InChI=1S/C24H20N2O2/c1-17-6-5-7-18(16-17)10-15-23-25-22-9-4-3-8-21(22)24(27)26(23)19-11-13-20(28-2)14-12-19/h3-16H,1-2H3/b15-10+. The quantitative estimate of drug-likeness (QED) is 0.516. The summed E-state index contributed by atoms with van der Waals surface area (Å²) in [4.78, 5) is 18.0. The molecule has 0 atom stereocenters. The minimum atomic E-state index is -0.0975. The van der Waals surface area contributed by atoms with E-state index in [9.17, 15) is 4.79 Å². The molecule has 0 aliphatic rings. The van der Waals surface area contributed by atoms with Crippen LogP contribution in [0.5, 0.6) is 5.75 Å². The van der Waals surface area contributed by atoms with E-state index in [0.717, 1.165) is 17.0 Å². The van der Waals surface area contributed by atoms with Crippen LogP contribution in [0.2, 0.25) is 0 Å². The number of hydrogen-bond donors (Lipinski definition) is 0. The monoisotopic (exact) mass is 368 g/mol. The summed E-state index contributed by atoms with van der Waals surface area (Å²) in [5.74, 6) is 1.32. The largest absolute Gasteiger partial charge is 0.497 e. The maximum atomic E-state index is 13.2. The number of ether oxygens (including phenoxy) is 1. The topological polar surface area (TPSA) is 44.1 Å². The minimum Gasteiger partial charge on any atom is -0.497 e. The first-order chi connectivity index (χ1) is 13.7. The van der Waals surface area contributed by atoms with E-state index in [-0.39, 0.29) is 5.56 Å². The third-order valence-corrected chi connectivity index (χ3v) is 4.60. The van der Waals surface area contributed by atoms with Gasteiger partial charge in [-0.25, -0.2) is 4.98 Å². The Morgan fingerprint density at radius 1 is 0.929 bits per heavy atom. The molecule has 4 rings (SSSR count). The van der Waals surface area contributed by atoms with Crippen LogP contribution in [0, 0.1) is 6.92 Å². The number of nitrogens with zero attached hydrogens (tertiary/aromatic N) is 2. The van der Waals surface area contributed by atoms with Crippen molar-refractivity contribution in [1.82, 2.24) is 9.55 Å². The van der Waals surface area contributed by atoms with Crippen LogP contribution in [0.25, 0.3) is 28.7 Å². The SMILES string of the molecule is COc1ccc(-n2c(/C=C/c3cccc(C)c3)nc3ccccc3c2=O)cc1. The van der Waals surface area contributed by atoms with E-state index in [0.29, 0.717) is 16.7 Å². The molecule has 0 N–H and O–H groups in total. The summed E-state index contributed by atoms with van der Waals surface area (Å²) in [5, 5.41) is 0.589. The highest BCUT2D eigenvalue weighted by molar-refractivity contribution is 5.80. The Hall–Kier alpha value is -3.66. The van der Waals surface area contributed by atoms with Crippen molar-refractivity contribution in [2.45, 2.75) is 6.92 Å². The summed E-state index contributed by atoms with van der Waals surface area (Å²) >= 11 is 0. The first-order valence-corrected chi connectivity index (χ1v) is 9.07. The van der Waals surface area contributed by atoms with Gasteiger partial charge >= 0.3 is 0 Å². The molecule has 28 heavy (non-hydrogen) atoms. The molecule has 0 unspecified atom stereocenters. The lowest BCUT2D eigenvalue weighted by Crippen LogP contribution is -2.22. The number of benzene rings is 3. The van der Waals surface area contributed by atoms with Gasteiger partial charge in [0, 0.05) is 0 Å². The lowest BCUT2D eigenvalue weighted by atomic mass is 10.1. The van der Waals surface area contributed by atoms with Gasteiger partial charge < -0.3 is 4.74 Å². The number of fused-ring (bicyclic) bond motifs is 1. The second kappa shape index (κ2) is 7.53. The predicted octanol–water partition coefficient (Wildman–Crippen LogP) is 4.87. The Bertz CT molecular complexity index is 1220. The van der Waals surface area contributed by atoms with Crippen LogP contribution < -0.4 is 10.3 Å². The molecule has 0 radical (unpaired) electrons. The van der Waals surface area contributed by atoms with Gasteiger partial charge in [-0.1, -0.05) is 48.0 Å². The Morgan fingerprint density at radius 2 is 1.71 bits per heavy atom. The van der Waals surface area contributed by atoms with Crippen LogP contribution in [-0.2, 0) is 0 Å². The number of methoxy groups -OCH3 is 1. The zero-order chi connectivity index (χ0) is 19.5. The Labute approximate surface area is 163 Å². The third-order valence-electron chi connectivity index (χ3n) is 4.60. The molecule has 0 saturated carbocycles. The van der Waals surface area contributed by atoms with Crippen LogP contribution in [0.3, 0.4) is 0 Å². The fraction of sp³-hybridized carbons (Fsp3) is 0.0833. The average Bonchev–Trinajstić information content (AvgIpc) is 2.73. The van der Waals surface area contributed by atoms with Crippen molar-refractivity contribution in [2.24, 2.45) is 0 Å². The highest BCUT2D eigenvalue weighted by Gasteiger charge is 2.11. The van der Waals surface area contributed by atoms with E-state index >= 15 is 0 Å². The van der Waals surface area contributed by atoms with E-state index in [1.54, 1.807) is 17.7 Å². The molecule has 0 spiro atoms. The van der Waals surface area contributed by atoms with Gasteiger partial charge in [0.1, 0.15) is 11.6 Å². The Kier molecular flexibility index (Phi) is 4.77. The fourth-order valence-electron chi connectivity index (χ4n) is 3.19. The van der Waals surface area contributed by atoms with E-state index < -0.39 is 0 Å². The summed E-state index contributed by atoms with van der Waals surface area (Å²) in [6.45, 7) is 2.05. The Morgan fingerprint density at radius 3 is 2.46 bits per heavy atom. The van der Waals surface area contributed by atoms with Gasteiger partial charge in [0.05, 0.1) is 23.7 Å². The summed E-state index contributed by atoms with van der Waals surface area (Å²) in [5.41, 5.74) is 3.57. The maximum absolute atomic E-state index is 13.2. The van der Waals surface area contributed by atoms with Gasteiger partial charge in [-0.2, -0.15) is 0 Å². The van der Waals surface area contributed by atoms with Crippen molar-refractivity contribution < 1.29 is 4.74 Å². The molecule has 0 aliphatic carbocycles. The highest BCUT2D eigenvalue weighted by atomic mass is 16.5. The van der Waals surface area contributed by atoms with E-state index in [1.165, 1.54) is 5.56 Å². The molecule has 3 aromatic carbocycles. The van der Waals surface area contributed by atoms with Crippen LogP contribution >= 0.6 is 0 Å². The van der Waals surface area contributed by atoms with Crippen molar-refractivity contribution in [3.8, 4) is 11.4 Å². The summed E-state index contributed by atoms with van der Waals surface area (Å²) < 4.78 is 6.87. The van der Waals surface area contributed by atoms with Crippen molar-refractivity contribution in [3.63, 3.8) is 0 Å². The van der Waals surface area contributed by atoms with E-state index in [1.807, 2.05) is 66.7 Å². The van der Waals surface area contributed by atoms with Gasteiger partial charge in [-0.05, 0) is 55.0 Å². The second-order valence-corrected chi connectivity index (χ2v) is 6.57. The normalized spacial score (nSPS) is 11.2. The number of aryl methyl sites for hydroxylation is 1. The summed E-state index contributed by atoms with van der Waals surface area (Å²) in [6.07, 6.45) is 3.86. The predicted molar refractivity (Wildman–Crippen MR) is 114 cm³/mol. The minimum absolute atomic E-state index is 0.0975. The average molecular weight is 368 g/mol. The number of rotatable bonds is 4. The molecular weight excluding hydrogens is 348 g/mol. The number of para-hydroxylation sites is 1. The molecule has 0 amide bonds. The van der Waals surface area contributed by atoms with Crippen molar-refractivity contribution >= 4 is 23.1 Å². The second-order valence-electron chi connectivity index (χ2n) is 6.57. The zero-order valence-electron chi connectivity index (χ0n) is 15.8. The molecular formula is C24H20N2O2. The Balaban J connectivity index is 1.91. The van der Waals surface area contributed by atoms with Gasteiger partial charge in [-0.3, -0.25) is 9.36 Å². The molecule has 0 saturated heterocycles. The van der Waals surface area contributed by atoms with Gasteiger partial charge in [0.2, 0.25) is 0 Å². The fourth-order valence-corrected chi connectivity index (χ4v) is 3.19. The van der Waals surface area contributed by atoms with Crippen molar-refractivity contribution in [2.75, 3.05) is 7.11 Å². The number of aromatic nitrogens is 2. The molecule has 0 aliphatic heterocycles. The first kappa shape index (κ1) is 17.7. The van der Waals surface area contributed by atoms with Crippen LogP contribution in [0.15, 0.2) is 77.6 Å². The lowest BCUT2D eigenvalue weighted by molar-refractivity contribution is 0.414. The van der Waals surface area contributed by atoms with E-state index in [2.05, 4.69) is 19.1 Å². The number of hydrogen-bond acceptors (Lipinski definition) is 3. The molecule has 0 fully saturated rings. The molecule has 0 bridgehead atoms. The maximum Gasteiger partial charge on any atom is 0.266 e. The first-order valence-electron chi connectivity index (χ1n) is 9.07. The molecule has 1 heterocycles. The highest BCUT2D eigenvalue weighted by Crippen LogP contribution is 2.18. The van der Waals surface area contributed by atoms with Crippen molar-refractivity contribution in [3.05, 3.63) is 100 Å². The lowest BCUT2D eigenvalue weighted by Gasteiger charge is -2.12. The smallest absolute Gasteiger partial charge is 0.266 e. The summed E-state index contributed by atoms with van der Waals surface area (Å²) in [7, 11) is 1.62. The molecule has 4 heteroatoms. The summed E-state index contributed by atoms with van der Waals surface area (Å²) in [6, 6.07) is 23.0.